The Labute approximate surface area is 203 Å². The number of hydrogen-bond acceptors (Lipinski definition) is 2. The predicted molar refractivity (Wildman–Crippen MR) is 141 cm³/mol. The van der Waals surface area contributed by atoms with Crippen molar-refractivity contribution in [3.8, 4) is 0 Å². The first kappa shape index (κ1) is 25.9. The number of aromatic nitrogens is 1. The lowest BCUT2D eigenvalue weighted by atomic mass is 9.66. The molecule has 5 rings (SSSR count). The average molecular weight is 450 g/mol. The summed E-state index contributed by atoms with van der Waals surface area (Å²) < 4.78 is 6.42. The van der Waals surface area contributed by atoms with Crippen LogP contribution in [0.5, 0.6) is 0 Å². The van der Waals surface area contributed by atoms with Crippen LogP contribution in [0, 0.1) is 0 Å². The van der Waals surface area contributed by atoms with Gasteiger partial charge in [0.05, 0.1) is 5.60 Å². The largest absolute Gasteiger partial charge is 0.375 e. The van der Waals surface area contributed by atoms with E-state index in [2.05, 4.69) is 42.5 Å². The van der Waals surface area contributed by atoms with Crippen molar-refractivity contribution in [2.75, 3.05) is 6.61 Å². The highest BCUT2D eigenvalue weighted by Gasteiger charge is 2.48. The van der Waals surface area contributed by atoms with Gasteiger partial charge < -0.3 is 4.74 Å². The maximum absolute atomic E-state index is 6.42. The SMILES string of the molecule is CC.CC.c1ccc(C2(CCCC3CCCc4ccccc43)CCOC3(CCCC3)C2)nc1. The standard InChI is InChI=1S/C27H35NO.2C2H6/c1-2-13-24-22(9-1)10-7-11-23(24)12-8-15-26(25-14-3-6-19-28-25)18-20-29-27(21-26)16-4-5-17-27;2*1-2/h1-3,6,9,13-14,19,23H,4-5,7-8,10-12,15-18,20-21H2;2*1-2H3. The molecule has 2 nitrogen and oxygen atoms in total. The average Bonchev–Trinajstić information content (AvgIpc) is 3.34. The van der Waals surface area contributed by atoms with Crippen LogP contribution in [0.2, 0.25) is 0 Å². The Kier molecular flexibility index (Phi) is 9.98. The number of hydrogen-bond donors (Lipinski definition) is 0. The summed E-state index contributed by atoms with van der Waals surface area (Å²) in [5, 5.41) is 0. The molecule has 1 aromatic heterocycles. The second-order valence-corrected chi connectivity index (χ2v) is 9.84. The zero-order valence-corrected chi connectivity index (χ0v) is 21.7. The van der Waals surface area contributed by atoms with Gasteiger partial charge in [0.25, 0.3) is 0 Å². The molecule has 2 heteroatoms. The Morgan fingerprint density at radius 3 is 2.42 bits per heavy atom. The van der Waals surface area contributed by atoms with E-state index in [1.165, 1.54) is 76.3 Å². The molecule has 2 unspecified atom stereocenters. The molecule has 0 amide bonds. The molecule has 0 bridgehead atoms. The van der Waals surface area contributed by atoms with Gasteiger partial charge in [-0.3, -0.25) is 4.98 Å². The van der Waals surface area contributed by atoms with Gasteiger partial charge in [0, 0.05) is 23.9 Å². The topological polar surface area (TPSA) is 22.1 Å². The van der Waals surface area contributed by atoms with E-state index in [-0.39, 0.29) is 11.0 Å². The van der Waals surface area contributed by atoms with Crippen LogP contribution in [0.3, 0.4) is 0 Å². The third-order valence-electron chi connectivity index (χ3n) is 8.07. The molecule has 1 aromatic carbocycles. The molecule has 0 radical (unpaired) electrons. The van der Waals surface area contributed by atoms with Crippen LogP contribution in [-0.2, 0) is 16.6 Å². The zero-order chi connectivity index (χ0) is 23.6. The predicted octanol–water partition coefficient (Wildman–Crippen LogP) is 8.79. The third kappa shape index (κ3) is 6.07. The first-order valence-corrected chi connectivity index (χ1v) is 13.9. The fraction of sp³-hybridized carbons (Fsp3) is 0.645. The maximum Gasteiger partial charge on any atom is 0.0691 e. The van der Waals surface area contributed by atoms with Gasteiger partial charge in [-0.2, -0.15) is 0 Å². The number of rotatable bonds is 5. The Morgan fingerprint density at radius 2 is 1.67 bits per heavy atom. The molecule has 2 aromatic rings. The van der Waals surface area contributed by atoms with Crippen molar-refractivity contribution in [3.63, 3.8) is 0 Å². The molecule has 33 heavy (non-hydrogen) atoms. The summed E-state index contributed by atoms with van der Waals surface area (Å²) in [4.78, 5) is 4.87. The molecule has 182 valence electrons. The Bertz CT molecular complexity index is 811. The third-order valence-corrected chi connectivity index (χ3v) is 8.07. The molecule has 1 saturated carbocycles. The van der Waals surface area contributed by atoms with Crippen molar-refractivity contribution >= 4 is 0 Å². The van der Waals surface area contributed by atoms with Gasteiger partial charge in [-0.1, -0.05) is 77.3 Å². The van der Waals surface area contributed by atoms with E-state index in [0.717, 1.165) is 18.9 Å². The molecule has 2 atom stereocenters. The monoisotopic (exact) mass is 449 g/mol. The van der Waals surface area contributed by atoms with Gasteiger partial charge in [0.15, 0.2) is 0 Å². The van der Waals surface area contributed by atoms with Crippen molar-refractivity contribution in [1.82, 2.24) is 4.98 Å². The number of fused-ring (bicyclic) bond motifs is 1. The lowest BCUT2D eigenvalue weighted by molar-refractivity contribution is -0.105. The van der Waals surface area contributed by atoms with E-state index in [4.69, 9.17) is 9.72 Å². The van der Waals surface area contributed by atoms with Crippen molar-refractivity contribution in [2.24, 2.45) is 0 Å². The van der Waals surface area contributed by atoms with Crippen molar-refractivity contribution in [3.05, 3.63) is 65.5 Å². The van der Waals surface area contributed by atoms with Crippen molar-refractivity contribution in [1.29, 1.82) is 0 Å². The number of nitrogens with zero attached hydrogens (tertiary/aromatic N) is 1. The molecule has 1 spiro atoms. The lowest BCUT2D eigenvalue weighted by Gasteiger charge is -2.46. The van der Waals surface area contributed by atoms with Crippen LogP contribution in [0.25, 0.3) is 0 Å². The highest BCUT2D eigenvalue weighted by atomic mass is 16.5. The normalized spacial score (nSPS) is 25.3. The van der Waals surface area contributed by atoms with E-state index < -0.39 is 0 Å². The highest BCUT2D eigenvalue weighted by molar-refractivity contribution is 5.32. The van der Waals surface area contributed by atoms with Gasteiger partial charge in [-0.15, -0.1) is 0 Å². The van der Waals surface area contributed by atoms with E-state index in [1.54, 1.807) is 11.1 Å². The molecule has 2 heterocycles. The van der Waals surface area contributed by atoms with Crippen LogP contribution in [-0.4, -0.2) is 17.2 Å². The molecular formula is C31H47NO. The highest BCUT2D eigenvalue weighted by Crippen LogP contribution is 2.50. The van der Waals surface area contributed by atoms with Crippen LogP contribution in [0.1, 0.15) is 121 Å². The summed E-state index contributed by atoms with van der Waals surface area (Å²) in [6.45, 7) is 8.91. The van der Waals surface area contributed by atoms with Crippen LogP contribution < -0.4 is 0 Å². The molecule has 1 aliphatic heterocycles. The summed E-state index contributed by atoms with van der Waals surface area (Å²) in [7, 11) is 0. The first-order chi connectivity index (χ1) is 16.3. The second-order valence-electron chi connectivity index (χ2n) is 9.84. The summed E-state index contributed by atoms with van der Waals surface area (Å²) in [5.74, 6) is 0.751. The van der Waals surface area contributed by atoms with Gasteiger partial charge in [-0.05, 0) is 87.0 Å². The van der Waals surface area contributed by atoms with E-state index in [1.807, 2.05) is 33.9 Å². The van der Waals surface area contributed by atoms with Crippen LogP contribution in [0.4, 0.5) is 0 Å². The summed E-state index contributed by atoms with van der Waals surface area (Å²) in [6.07, 6.45) is 17.3. The minimum atomic E-state index is 0.132. The molecule has 2 aliphatic carbocycles. The minimum absolute atomic E-state index is 0.132. The zero-order valence-electron chi connectivity index (χ0n) is 21.7. The Hall–Kier alpha value is -1.67. The number of benzene rings is 1. The van der Waals surface area contributed by atoms with Gasteiger partial charge in [0.2, 0.25) is 0 Å². The fourth-order valence-corrected chi connectivity index (χ4v) is 6.64. The molecule has 1 saturated heterocycles. The van der Waals surface area contributed by atoms with E-state index >= 15 is 0 Å². The minimum Gasteiger partial charge on any atom is -0.375 e. The van der Waals surface area contributed by atoms with Crippen molar-refractivity contribution in [2.45, 2.75) is 122 Å². The van der Waals surface area contributed by atoms with Crippen LogP contribution in [0.15, 0.2) is 48.7 Å². The van der Waals surface area contributed by atoms with E-state index in [0.29, 0.717) is 0 Å². The summed E-state index contributed by atoms with van der Waals surface area (Å²) in [5.41, 5.74) is 4.88. The molecule has 0 N–H and O–H groups in total. The summed E-state index contributed by atoms with van der Waals surface area (Å²) >= 11 is 0. The Balaban J connectivity index is 0.000000728. The first-order valence-electron chi connectivity index (χ1n) is 13.9. The lowest BCUT2D eigenvalue weighted by Crippen LogP contribution is -2.46. The molecule has 3 aliphatic rings. The van der Waals surface area contributed by atoms with E-state index in [9.17, 15) is 0 Å². The second kappa shape index (κ2) is 12.7. The van der Waals surface area contributed by atoms with Crippen molar-refractivity contribution < 1.29 is 4.74 Å². The fourth-order valence-electron chi connectivity index (χ4n) is 6.64. The van der Waals surface area contributed by atoms with Gasteiger partial charge in [0.1, 0.15) is 0 Å². The molecule has 2 fully saturated rings. The Morgan fingerprint density at radius 1 is 0.909 bits per heavy atom. The number of aryl methyl sites for hydroxylation is 1. The number of pyridine rings is 1. The quantitative estimate of drug-likeness (QED) is 0.455. The maximum atomic E-state index is 6.42. The smallest absolute Gasteiger partial charge is 0.0691 e. The van der Waals surface area contributed by atoms with Gasteiger partial charge >= 0.3 is 0 Å². The molecular weight excluding hydrogens is 402 g/mol. The van der Waals surface area contributed by atoms with Gasteiger partial charge in [-0.25, -0.2) is 0 Å². The van der Waals surface area contributed by atoms with Crippen LogP contribution >= 0.6 is 0 Å². The summed E-state index contributed by atoms with van der Waals surface area (Å²) in [6, 6.07) is 15.7. The number of ether oxygens (including phenoxy) is 1.